The largest absolute Gasteiger partial charge is 0.326 e. The predicted octanol–water partition coefficient (Wildman–Crippen LogP) is 3.97. The Labute approximate surface area is 156 Å². The standard InChI is InChI=1S/C20H20N2O3S/c1-13(23)14-7-9-16(10-8-14)21-19(24)12-26-18-4-2-3-17(11-18)22-20(25)15-5-6-15/h2-4,7-11,15H,5-6,12H2,1H3,(H,21,24)(H,22,25). The van der Waals surface area contributed by atoms with Crippen LogP contribution in [0.4, 0.5) is 11.4 Å². The van der Waals surface area contributed by atoms with Gasteiger partial charge in [-0.3, -0.25) is 14.4 Å². The van der Waals surface area contributed by atoms with Crippen LogP contribution >= 0.6 is 11.8 Å². The highest BCUT2D eigenvalue weighted by molar-refractivity contribution is 8.00. The summed E-state index contributed by atoms with van der Waals surface area (Å²) >= 11 is 1.40. The molecule has 3 rings (SSSR count). The molecule has 1 aliphatic carbocycles. The summed E-state index contributed by atoms with van der Waals surface area (Å²) in [6.07, 6.45) is 1.93. The van der Waals surface area contributed by atoms with Crippen LogP contribution < -0.4 is 10.6 Å². The molecule has 26 heavy (non-hydrogen) atoms. The average molecular weight is 368 g/mol. The Morgan fingerprint density at radius 1 is 1.00 bits per heavy atom. The first-order chi connectivity index (χ1) is 12.5. The van der Waals surface area contributed by atoms with Crippen molar-refractivity contribution in [1.29, 1.82) is 0 Å². The fraction of sp³-hybridized carbons (Fsp3) is 0.250. The van der Waals surface area contributed by atoms with E-state index < -0.39 is 0 Å². The van der Waals surface area contributed by atoms with Crippen LogP contribution in [0.5, 0.6) is 0 Å². The zero-order valence-electron chi connectivity index (χ0n) is 14.5. The van der Waals surface area contributed by atoms with E-state index in [1.165, 1.54) is 18.7 Å². The Bertz CT molecular complexity index is 829. The van der Waals surface area contributed by atoms with Crippen LogP contribution in [-0.4, -0.2) is 23.4 Å². The van der Waals surface area contributed by atoms with Gasteiger partial charge in [-0.2, -0.15) is 0 Å². The first kappa shape index (κ1) is 18.2. The number of amides is 2. The summed E-state index contributed by atoms with van der Waals surface area (Å²) in [5.74, 6) is 0.351. The first-order valence-corrected chi connectivity index (χ1v) is 9.44. The number of thioether (sulfide) groups is 1. The third kappa shape index (κ3) is 5.20. The van der Waals surface area contributed by atoms with Crippen LogP contribution in [0.15, 0.2) is 53.4 Å². The molecule has 2 N–H and O–H groups in total. The molecule has 1 saturated carbocycles. The summed E-state index contributed by atoms with van der Waals surface area (Å²) < 4.78 is 0. The lowest BCUT2D eigenvalue weighted by atomic mass is 10.1. The maximum absolute atomic E-state index is 12.1. The molecule has 0 heterocycles. The molecule has 2 aromatic rings. The molecule has 2 amide bonds. The lowest BCUT2D eigenvalue weighted by molar-refractivity contribution is -0.117. The van der Waals surface area contributed by atoms with Gasteiger partial charge in [0.1, 0.15) is 0 Å². The average Bonchev–Trinajstić information content (AvgIpc) is 3.46. The number of hydrogen-bond donors (Lipinski definition) is 2. The summed E-state index contributed by atoms with van der Waals surface area (Å²) in [6, 6.07) is 14.3. The Morgan fingerprint density at radius 2 is 1.73 bits per heavy atom. The molecular weight excluding hydrogens is 348 g/mol. The van der Waals surface area contributed by atoms with E-state index in [0.717, 1.165) is 23.4 Å². The van der Waals surface area contributed by atoms with Crippen LogP contribution in [0.25, 0.3) is 0 Å². The van der Waals surface area contributed by atoms with Crippen molar-refractivity contribution >= 4 is 40.7 Å². The number of rotatable bonds is 7. The zero-order chi connectivity index (χ0) is 18.5. The number of Topliss-reactive ketones (excluding diaryl/α,β-unsaturated/α-hetero) is 1. The molecule has 0 atom stereocenters. The Kier molecular flexibility index (Phi) is 5.73. The molecule has 2 aromatic carbocycles. The molecular formula is C20H20N2O3S. The summed E-state index contributed by atoms with van der Waals surface area (Å²) in [4.78, 5) is 36.1. The van der Waals surface area contributed by atoms with Gasteiger partial charge >= 0.3 is 0 Å². The van der Waals surface area contributed by atoms with E-state index >= 15 is 0 Å². The van der Waals surface area contributed by atoms with Gasteiger partial charge < -0.3 is 10.6 Å². The van der Waals surface area contributed by atoms with Crippen LogP contribution in [0.2, 0.25) is 0 Å². The molecule has 0 bridgehead atoms. The van der Waals surface area contributed by atoms with E-state index in [4.69, 9.17) is 0 Å². The van der Waals surface area contributed by atoms with Gasteiger partial charge in [0.05, 0.1) is 5.75 Å². The fourth-order valence-electron chi connectivity index (χ4n) is 2.39. The summed E-state index contributed by atoms with van der Waals surface area (Å²) in [5, 5.41) is 5.71. The van der Waals surface area contributed by atoms with Crippen molar-refractivity contribution < 1.29 is 14.4 Å². The van der Waals surface area contributed by atoms with Gasteiger partial charge in [-0.15, -0.1) is 11.8 Å². The number of anilines is 2. The van der Waals surface area contributed by atoms with Crippen LogP contribution in [-0.2, 0) is 9.59 Å². The Balaban J connectivity index is 1.50. The third-order valence-corrected chi connectivity index (χ3v) is 4.99. The molecule has 1 aliphatic rings. The van der Waals surface area contributed by atoms with Gasteiger partial charge in [0.2, 0.25) is 11.8 Å². The minimum atomic E-state index is -0.127. The molecule has 134 valence electrons. The van der Waals surface area contributed by atoms with Crippen molar-refractivity contribution in [2.24, 2.45) is 5.92 Å². The minimum Gasteiger partial charge on any atom is -0.326 e. The summed E-state index contributed by atoms with van der Waals surface area (Å²) in [6.45, 7) is 1.51. The van der Waals surface area contributed by atoms with Gasteiger partial charge in [-0.1, -0.05) is 6.07 Å². The van der Waals surface area contributed by atoms with E-state index in [1.807, 2.05) is 24.3 Å². The van der Waals surface area contributed by atoms with Gasteiger partial charge in [0.25, 0.3) is 0 Å². The molecule has 0 radical (unpaired) electrons. The summed E-state index contributed by atoms with van der Waals surface area (Å²) in [5.41, 5.74) is 2.03. The molecule has 6 heteroatoms. The van der Waals surface area contributed by atoms with Gasteiger partial charge in [-0.05, 0) is 62.2 Å². The minimum absolute atomic E-state index is 0.00732. The molecule has 0 unspecified atom stereocenters. The fourth-order valence-corrected chi connectivity index (χ4v) is 3.14. The molecule has 5 nitrogen and oxygen atoms in total. The van der Waals surface area contributed by atoms with Crippen molar-refractivity contribution in [1.82, 2.24) is 0 Å². The number of benzene rings is 2. The zero-order valence-corrected chi connectivity index (χ0v) is 15.3. The van der Waals surface area contributed by atoms with Crippen molar-refractivity contribution in [2.75, 3.05) is 16.4 Å². The van der Waals surface area contributed by atoms with Crippen molar-refractivity contribution in [3.8, 4) is 0 Å². The van der Waals surface area contributed by atoms with Crippen LogP contribution in [0.1, 0.15) is 30.1 Å². The highest BCUT2D eigenvalue weighted by Crippen LogP contribution is 2.30. The highest BCUT2D eigenvalue weighted by atomic mass is 32.2. The maximum atomic E-state index is 12.1. The predicted molar refractivity (Wildman–Crippen MR) is 104 cm³/mol. The van der Waals surface area contributed by atoms with E-state index in [-0.39, 0.29) is 29.3 Å². The molecule has 0 aromatic heterocycles. The summed E-state index contributed by atoms with van der Waals surface area (Å²) in [7, 11) is 0. The second-order valence-electron chi connectivity index (χ2n) is 6.26. The number of hydrogen-bond acceptors (Lipinski definition) is 4. The first-order valence-electron chi connectivity index (χ1n) is 8.46. The third-order valence-electron chi connectivity index (χ3n) is 3.99. The van der Waals surface area contributed by atoms with Gasteiger partial charge in [-0.25, -0.2) is 0 Å². The molecule has 1 fully saturated rings. The van der Waals surface area contributed by atoms with Gasteiger partial charge in [0.15, 0.2) is 5.78 Å². The molecule has 0 aliphatic heterocycles. The van der Waals surface area contributed by atoms with Gasteiger partial charge in [0, 0.05) is 27.8 Å². The van der Waals surface area contributed by atoms with Crippen molar-refractivity contribution in [3.63, 3.8) is 0 Å². The lowest BCUT2D eigenvalue weighted by Crippen LogP contribution is -2.14. The number of carbonyl (C=O) groups is 3. The topological polar surface area (TPSA) is 75.3 Å². The van der Waals surface area contributed by atoms with E-state index in [2.05, 4.69) is 10.6 Å². The van der Waals surface area contributed by atoms with E-state index in [9.17, 15) is 14.4 Å². The number of ketones is 1. The second kappa shape index (κ2) is 8.19. The molecule has 0 spiro atoms. The smallest absolute Gasteiger partial charge is 0.234 e. The van der Waals surface area contributed by atoms with E-state index in [0.29, 0.717) is 11.3 Å². The molecule has 0 saturated heterocycles. The second-order valence-corrected chi connectivity index (χ2v) is 7.31. The van der Waals surface area contributed by atoms with E-state index in [1.54, 1.807) is 24.3 Å². The van der Waals surface area contributed by atoms with Crippen molar-refractivity contribution in [2.45, 2.75) is 24.7 Å². The highest BCUT2D eigenvalue weighted by Gasteiger charge is 2.29. The van der Waals surface area contributed by atoms with Crippen molar-refractivity contribution in [3.05, 3.63) is 54.1 Å². The number of carbonyl (C=O) groups excluding carboxylic acids is 3. The quantitative estimate of drug-likeness (QED) is 0.573. The lowest BCUT2D eigenvalue weighted by Gasteiger charge is -2.08. The maximum Gasteiger partial charge on any atom is 0.234 e. The van der Waals surface area contributed by atoms with Crippen LogP contribution in [0, 0.1) is 5.92 Å². The monoisotopic (exact) mass is 368 g/mol. The number of nitrogens with one attached hydrogen (secondary N) is 2. The Hall–Kier alpha value is -2.60. The Morgan fingerprint density at radius 3 is 2.38 bits per heavy atom. The normalized spacial score (nSPS) is 13.1. The SMILES string of the molecule is CC(=O)c1ccc(NC(=O)CSc2cccc(NC(=O)C3CC3)c2)cc1. The van der Waals surface area contributed by atoms with Crippen LogP contribution in [0.3, 0.4) is 0 Å².